The average Bonchev–Trinajstić information content (AvgIpc) is 2.96. The molecule has 2 aromatic rings. The van der Waals surface area contributed by atoms with Crippen molar-refractivity contribution < 1.29 is 31.1 Å². The number of hydrogen-bond donors (Lipinski definition) is 1. The van der Waals surface area contributed by atoms with E-state index in [4.69, 9.17) is 14.9 Å². The highest BCUT2D eigenvalue weighted by molar-refractivity contribution is 5.30. The topological polar surface area (TPSA) is 48.4 Å². The Morgan fingerprint density at radius 1 is 1.00 bits per heavy atom. The van der Waals surface area contributed by atoms with Gasteiger partial charge in [-0.25, -0.2) is 13.2 Å². The first-order valence-corrected chi connectivity index (χ1v) is 5.81. The molecule has 0 bridgehead atoms. The summed E-state index contributed by atoms with van der Waals surface area (Å²) in [6.45, 7) is 1.43. The van der Waals surface area contributed by atoms with Crippen LogP contribution in [-0.2, 0) is 0 Å². The molecule has 21 heavy (non-hydrogen) atoms. The zero-order chi connectivity index (χ0) is 15.7. The Bertz CT molecular complexity index is 614. The van der Waals surface area contributed by atoms with Gasteiger partial charge in [-0.3, -0.25) is 0 Å². The van der Waals surface area contributed by atoms with Gasteiger partial charge in [0.15, 0.2) is 11.9 Å². The summed E-state index contributed by atoms with van der Waals surface area (Å²) in [5.74, 6) is -11.9. The van der Waals surface area contributed by atoms with Crippen LogP contribution in [0.15, 0.2) is 22.8 Å². The number of furan rings is 1. The summed E-state index contributed by atoms with van der Waals surface area (Å²) >= 11 is 0. The molecule has 2 N–H and O–H groups in total. The van der Waals surface area contributed by atoms with Crippen LogP contribution in [0.25, 0.3) is 0 Å². The zero-order valence-corrected chi connectivity index (χ0v) is 10.7. The van der Waals surface area contributed by atoms with Gasteiger partial charge in [0, 0.05) is 6.04 Å². The molecule has 8 heteroatoms. The van der Waals surface area contributed by atoms with Crippen molar-refractivity contribution in [3.8, 4) is 5.75 Å². The van der Waals surface area contributed by atoms with E-state index in [0.29, 0.717) is 0 Å². The Morgan fingerprint density at radius 2 is 1.52 bits per heavy atom. The quantitative estimate of drug-likeness (QED) is 0.535. The Hall–Kier alpha value is -2.09. The summed E-state index contributed by atoms with van der Waals surface area (Å²) in [6, 6.07) is 2.04. The van der Waals surface area contributed by atoms with Crippen LogP contribution in [0, 0.1) is 29.1 Å². The molecule has 1 aromatic carbocycles. The molecule has 0 fully saturated rings. The van der Waals surface area contributed by atoms with Crippen LogP contribution in [0.4, 0.5) is 22.0 Å². The van der Waals surface area contributed by atoms with Gasteiger partial charge >= 0.3 is 0 Å². The van der Waals surface area contributed by atoms with Crippen molar-refractivity contribution in [1.82, 2.24) is 0 Å². The Morgan fingerprint density at radius 3 is 1.95 bits per heavy atom. The predicted octanol–water partition coefficient (Wildman–Crippen LogP) is 3.44. The van der Waals surface area contributed by atoms with Crippen molar-refractivity contribution >= 4 is 0 Å². The SMILES string of the molecule is CC(N)C(Oc1c(F)c(F)c(F)c(F)c1F)c1ccco1. The predicted molar refractivity (Wildman–Crippen MR) is 62.0 cm³/mol. The van der Waals surface area contributed by atoms with Crippen molar-refractivity contribution in [3.63, 3.8) is 0 Å². The minimum Gasteiger partial charge on any atom is -0.474 e. The number of nitrogens with two attached hydrogens (primary N) is 1. The van der Waals surface area contributed by atoms with Gasteiger partial charge in [-0.05, 0) is 19.1 Å². The summed E-state index contributed by atoms with van der Waals surface area (Å²) < 4.78 is 76.1. The smallest absolute Gasteiger partial charge is 0.207 e. The second-order valence-electron chi connectivity index (χ2n) is 4.31. The van der Waals surface area contributed by atoms with Crippen molar-refractivity contribution in [2.45, 2.75) is 19.1 Å². The Labute approximate surface area is 116 Å². The van der Waals surface area contributed by atoms with E-state index in [0.717, 1.165) is 0 Å². The lowest BCUT2D eigenvalue weighted by atomic mass is 10.1. The molecule has 0 aliphatic rings. The highest BCUT2D eigenvalue weighted by atomic mass is 19.2. The van der Waals surface area contributed by atoms with Gasteiger partial charge in [-0.15, -0.1) is 0 Å². The summed E-state index contributed by atoms with van der Waals surface area (Å²) in [5.41, 5.74) is 5.59. The first-order valence-electron chi connectivity index (χ1n) is 5.81. The van der Waals surface area contributed by atoms with Gasteiger partial charge in [0.2, 0.25) is 29.1 Å². The zero-order valence-electron chi connectivity index (χ0n) is 10.7. The molecule has 114 valence electrons. The summed E-state index contributed by atoms with van der Waals surface area (Å²) in [4.78, 5) is 0. The van der Waals surface area contributed by atoms with Gasteiger partial charge in [-0.2, -0.15) is 8.78 Å². The van der Waals surface area contributed by atoms with E-state index in [2.05, 4.69) is 0 Å². The van der Waals surface area contributed by atoms with E-state index >= 15 is 0 Å². The number of halogens is 5. The fourth-order valence-corrected chi connectivity index (χ4v) is 1.69. The molecule has 2 rings (SSSR count). The molecule has 0 spiro atoms. The largest absolute Gasteiger partial charge is 0.474 e. The fraction of sp³-hybridized carbons (Fsp3) is 0.231. The van der Waals surface area contributed by atoms with Crippen LogP contribution in [-0.4, -0.2) is 6.04 Å². The number of ether oxygens (including phenoxy) is 1. The highest BCUT2D eigenvalue weighted by Crippen LogP contribution is 2.33. The number of hydrogen-bond acceptors (Lipinski definition) is 3. The molecular weight excluding hydrogens is 297 g/mol. The van der Waals surface area contributed by atoms with Crippen molar-refractivity contribution in [2.24, 2.45) is 5.73 Å². The third-order valence-corrected chi connectivity index (χ3v) is 2.72. The molecule has 0 aliphatic heterocycles. The molecular formula is C13H10F5NO2. The third kappa shape index (κ3) is 2.71. The second-order valence-corrected chi connectivity index (χ2v) is 4.31. The van der Waals surface area contributed by atoms with Crippen LogP contribution in [0.3, 0.4) is 0 Å². The monoisotopic (exact) mass is 307 g/mol. The normalized spacial score (nSPS) is 14.0. The molecule has 0 aliphatic carbocycles. The first kappa shape index (κ1) is 15.3. The van der Waals surface area contributed by atoms with Crippen LogP contribution >= 0.6 is 0 Å². The summed E-state index contributed by atoms with van der Waals surface area (Å²) in [7, 11) is 0. The van der Waals surface area contributed by atoms with Gasteiger partial charge in [0.25, 0.3) is 0 Å². The minimum atomic E-state index is -2.26. The average molecular weight is 307 g/mol. The van der Waals surface area contributed by atoms with Gasteiger partial charge in [0.1, 0.15) is 5.76 Å². The van der Waals surface area contributed by atoms with Gasteiger partial charge in [-0.1, -0.05) is 0 Å². The van der Waals surface area contributed by atoms with Crippen LogP contribution in [0.2, 0.25) is 0 Å². The van der Waals surface area contributed by atoms with E-state index in [1.54, 1.807) is 0 Å². The third-order valence-electron chi connectivity index (χ3n) is 2.72. The standard InChI is InChI=1S/C13H10F5NO2/c1-5(19)12(6-3-2-4-20-6)21-13-10(17)8(15)7(14)9(16)11(13)18/h2-5,12H,19H2,1H3. The van der Waals surface area contributed by atoms with Crippen molar-refractivity contribution in [1.29, 1.82) is 0 Å². The van der Waals surface area contributed by atoms with E-state index < -0.39 is 47.0 Å². The van der Waals surface area contributed by atoms with E-state index in [1.165, 1.54) is 25.3 Å². The molecule has 3 nitrogen and oxygen atoms in total. The van der Waals surface area contributed by atoms with E-state index in [1.807, 2.05) is 0 Å². The maximum Gasteiger partial charge on any atom is 0.207 e. The van der Waals surface area contributed by atoms with Crippen LogP contribution < -0.4 is 10.5 Å². The Balaban J connectivity index is 2.47. The summed E-state index contributed by atoms with van der Waals surface area (Å²) in [6.07, 6.45) is 0.0420. The second kappa shape index (κ2) is 5.72. The fourth-order valence-electron chi connectivity index (χ4n) is 1.69. The number of rotatable bonds is 4. The maximum atomic E-state index is 13.6. The lowest BCUT2D eigenvalue weighted by Crippen LogP contribution is -2.29. The van der Waals surface area contributed by atoms with Gasteiger partial charge in [0.05, 0.1) is 6.26 Å². The van der Waals surface area contributed by atoms with E-state index in [9.17, 15) is 22.0 Å². The lowest BCUT2D eigenvalue weighted by Gasteiger charge is -2.21. The molecule has 0 amide bonds. The van der Waals surface area contributed by atoms with Gasteiger partial charge < -0.3 is 14.9 Å². The molecule has 0 radical (unpaired) electrons. The molecule has 0 saturated carbocycles. The van der Waals surface area contributed by atoms with E-state index in [-0.39, 0.29) is 5.76 Å². The molecule has 2 atom stereocenters. The molecule has 2 unspecified atom stereocenters. The molecule has 0 saturated heterocycles. The molecule has 1 heterocycles. The lowest BCUT2D eigenvalue weighted by molar-refractivity contribution is 0.135. The first-order chi connectivity index (χ1) is 9.84. The van der Waals surface area contributed by atoms with Crippen LogP contribution in [0.5, 0.6) is 5.75 Å². The Kier molecular flexibility index (Phi) is 4.17. The van der Waals surface area contributed by atoms with Crippen molar-refractivity contribution in [3.05, 3.63) is 53.2 Å². The van der Waals surface area contributed by atoms with Crippen LogP contribution in [0.1, 0.15) is 18.8 Å². The minimum absolute atomic E-state index is 0.0916. The molecule has 1 aromatic heterocycles. The van der Waals surface area contributed by atoms with Crippen molar-refractivity contribution in [2.75, 3.05) is 0 Å². The number of benzene rings is 1. The summed E-state index contributed by atoms with van der Waals surface area (Å²) in [5, 5.41) is 0. The maximum absolute atomic E-state index is 13.6. The highest BCUT2D eigenvalue weighted by Gasteiger charge is 2.31.